The minimum atomic E-state index is -1.24. The Hall–Kier alpha value is -3.22. The summed E-state index contributed by atoms with van der Waals surface area (Å²) in [4.78, 5) is 22.6. The number of amides is 2. The molecule has 0 saturated heterocycles. The standard InChI is InChI=1S/C17H18N2O5/c1-23-13-7-8-14(15(9-13)24-2)19-17(22)18-10-11-3-5-12(6-4-11)16(20)21/h3-9H,10H2,1-2H3,(H,20,21)(H2,18,19,22)/p-1. The van der Waals surface area contributed by atoms with Crippen LogP contribution in [0.1, 0.15) is 15.9 Å². The predicted octanol–water partition coefficient (Wildman–Crippen LogP) is 1.39. The van der Waals surface area contributed by atoms with E-state index >= 15 is 0 Å². The zero-order valence-corrected chi connectivity index (χ0v) is 13.3. The summed E-state index contributed by atoms with van der Waals surface area (Å²) in [6, 6.07) is 10.7. The largest absolute Gasteiger partial charge is 0.545 e. The third-order valence-corrected chi connectivity index (χ3v) is 3.30. The van der Waals surface area contributed by atoms with Crippen molar-refractivity contribution < 1.29 is 24.2 Å². The van der Waals surface area contributed by atoms with Crippen LogP contribution in [0.5, 0.6) is 11.5 Å². The molecule has 0 atom stereocenters. The van der Waals surface area contributed by atoms with Crippen molar-refractivity contribution in [3.63, 3.8) is 0 Å². The van der Waals surface area contributed by atoms with E-state index in [4.69, 9.17) is 9.47 Å². The molecule has 7 heteroatoms. The van der Waals surface area contributed by atoms with E-state index in [9.17, 15) is 14.7 Å². The van der Waals surface area contributed by atoms with Crippen molar-refractivity contribution in [3.05, 3.63) is 53.6 Å². The SMILES string of the molecule is COc1ccc(NC(=O)NCc2ccc(C(=O)[O-])cc2)c(OC)c1. The first kappa shape index (κ1) is 17.1. The first-order valence-electron chi connectivity index (χ1n) is 7.10. The third-order valence-electron chi connectivity index (χ3n) is 3.30. The van der Waals surface area contributed by atoms with E-state index in [2.05, 4.69) is 10.6 Å². The van der Waals surface area contributed by atoms with Crippen LogP contribution in [0.25, 0.3) is 0 Å². The molecule has 0 heterocycles. The van der Waals surface area contributed by atoms with Gasteiger partial charge in [0.25, 0.3) is 0 Å². The lowest BCUT2D eigenvalue weighted by Gasteiger charge is -2.12. The van der Waals surface area contributed by atoms with E-state index < -0.39 is 12.0 Å². The van der Waals surface area contributed by atoms with Gasteiger partial charge in [0.1, 0.15) is 11.5 Å². The number of carboxylic acids is 1. The number of aromatic carboxylic acids is 1. The van der Waals surface area contributed by atoms with Gasteiger partial charge in [-0.05, 0) is 23.3 Å². The van der Waals surface area contributed by atoms with Crippen molar-refractivity contribution in [2.45, 2.75) is 6.54 Å². The summed E-state index contributed by atoms with van der Waals surface area (Å²) in [6.07, 6.45) is 0. The van der Waals surface area contributed by atoms with Crippen LogP contribution >= 0.6 is 0 Å². The van der Waals surface area contributed by atoms with Crippen molar-refractivity contribution in [2.75, 3.05) is 19.5 Å². The molecule has 0 radical (unpaired) electrons. The Morgan fingerprint density at radius 1 is 1.04 bits per heavy atom. The molecule has 0 aliphatic heterocycles. The lowest BCUT2D eigenvalue weighted by Crippen LogP contribution is -2.28. The van der Waals surface area contributed by atoms with Gasteiger partial charge in [-0.3, -0.25) is 0 Å². The van der Waals surface area contributed by atoms with Crippen LogP contribution in [0.3, 0.4) is 0 Å². The highest BCUT2D eigenvalue weighted by Gasteiger charge is 2.08. The van der Waals surface area contributed by atoms with Crippen molar-refractivity contribution in [1.29, 1.82) is 0 Å². The van der Waals surface area contributed by atoms with Crippen molar-refractivity contribution in [1.82, 2.24) is 5.32 Å². The predicted molar refractivity (Wildman–Crippen MR) is 86.2 cm³/mol. The molecule has 7 nitrogen and oxygen atoms in total. The van der Waals surface area contributed by atoms with Crippen molar-refractivity contribution in [2.24, 2.45) is 0 Å². The zero-order chi connectivity index (χ0) is 17.5. The van der Waals surface area contributed by atoms with E-state index in [-0.39, 0.29) is 12.1 Å². The first-order chi connectivity index (χ1) is 11.5. The maximum Gasteiger partial charge on any atom is 0.319 e. The lowest BCUT2D eigenvalue weighted by molar-refractivity contribution is -0.255. The number of anilines is 1. The highest BCUT2D eigenvalue weighted by atomic mass is 16.5. The zero-order valence-electron chi connectivity index (χ0n) is 13.3. The van der Waals surface area contributed by atoms with Crippen LogP contribution in [-0.2, 0) is 6.54 Å². The van der Waals surface area contributed by atoms with Gasteiger partial charge in [-0.1, -0.05) is 24.3 Å². The molecule has 0 saturated carbocycles. The van der Waals surface area contributed by atoms with E-state index in [0.717, 1.165) is 5.56 Å². The lowest BCUT2D eigenvalue weighted by atomic mass is 10.1. The number of nitrogens with one attached hydrogen (secondary N) is 2. The molecular weight excluding hydrogens is 312 g/mol. The van der Waals surface area contributed by atoms with Gasteiger partial charge < -0.3 is 30.0 Å². The highest BCUT2D eigenvalue weighted by molar-refractivity contribution is 5.91. The van der Waals surface area contributed by atoms with Crippen LogP contribution in [-0.4, -0.2) is 26.2 Å². The van der Waals surface area contributed by atoms with E-state index in [1.807, 2.05) is 0 Å². The van der Waals surface area contributed by atoms with E-state index in [1.165, 1.54) is 19.2 Å². The van der Waals surface area contributed by atoms with Gasteiger partial charge in [-0.15, -0.1) is 0 Å². The van der Waals surface area contributed by atoms with Crippen molar-refractivity contribution in [3.8, 4) is 11.5 Å². The van der Waals surface area contributed by atoms with Gasteiger partial charge in [0.05, 0.1) is 25.9 Å². The summed E-state index contributed by atoms with van der Waals surface area (Å²) >= 11 is 0. The van der Waals surface area contributed by atoms with Gasteiger partial charge in [-0.25, -0.2) is 4.79 Å². The van der Waals surface area contributed by atoms with Gasteiger partial charge >= 0.3 is 6.03 Å². The smallest absolute Gasteiger partial charge is 0.319 e. The Labute approximate surface area is 139 Å². The number of hydrogen-bond donors (Lipinski definition) is 2. The minimum Gasteiger partial charge on any atom is -0.545 e. The molecule has 0 aromatic heterocycles. The molecule has 24 heavy (non-hydrogen) atoms. The number of urea groups is 1. The molecule has 2 rings (SSSR count). The van der Waals surface area contributed by atoms with Crippen LogP contribution in [0, 0.1) is 0 Å². The number of rotatable bonds is 6. The number of carbonyl (C=O) groups excluding carboxylic acids is 2. The van der Waals surface area contributed by atoms with E-state index in [0.29, 0.717) is 17.2 Å². The number of benzene rings is 2. The molecule has 2 amide bonds. The summed E-state index contributed by atoms with van der Waals surface area (Å²) in [7, 11) is 3.04. The second-order valence-electron chi connectivity index (χ2n) is 4.86. The Morgan fingerprint density at radius 2 is 1.75 bits per heavy atom. The maximum atomic E-state index is 12.0. The van der Waals surface area contributed by atoms with Crippen LogP contribution in [0.2, 0.25) is 0 Å². The monoisotopic (exact) mass is 329 g/mol. The Bertz CT molecular complexity index is 728. The fourth-order valence-electron chi connectivity index (χ4n) is 2.01. The topological polar surface area (TPSA) is 99.7 Å². The molecule has 2 aromatic carbocycles. The van der Waals surface area contributed by atoms with Crippen LogP contribution in [0.4, 0.5) is 10.5 Å². The average molecular weight is 329 g/mol. The summed E-state index contributed by atoms with van der Waals surface area (Å²) in [5.74, 6) is -0.146. The third kappa shape index (κ3) is 4.39. The second-order valence-corrected chi connectivity index (χ2v) is 4.86. The molecule has 0 spiro atoms. The molecule has 0 aliphatic rings. The summed E-state index contributed by atoms with van der Waals surface area (Å²) in [5, 5.41) is 16.0. The molecular formula is C17H17N2O5-. The number of ether oxygens (including phenoxy) is 2. The Balaban J connectivity index is 1.94. The Kier molecular flexibility index (Phi) is 5.62. The van der Waals surface area contributed by atoms with Gasteiger partial charge in [-0.2, -0.15) is 0 Å². The van der Waals surface area contributed by atoms with Gasteiger partial charge in [0.2, 0.25) is 0 Å². The summed E-state index contributed by atoms with van der Waals surface area (Å²) in [5.41, 5.74) is 1.35. The normalized spacial score (nSPS) is 9.92. The average Bonchev–Trinajstić information content (AvgIpc) is 2.60. The minimum absolute atomic E-state index is 0.0890. The molecule has 126 valence electrons. The van der Waals surface area contributed by atoms with Crippen molar-refractivity contribution >= 4 is 17.7 Å². The van der Waals surface area contributed by atoms with Crippen LogP contribution < -0.4 is 25.2 Å². The summed E-state index contributed by atoms with van der Waals surface area (Å²) in [6.45, 7) is 0.248. The van der Waals surface area contributed by atoms with Gasteiger partial charge in [0, 0.05) is 12.6 Å². The fraction of sp³-hybridized carbons (Fsp3) is 0.176. The molecule has 0 bridgehead atoms. The van der Waals surface area contributed by atoms with Crippen LogP contribution in [0.15, 0.2) is 42.5 Å². The number of hydrogen-bond acceptors (Lipinski definition) is 5. The maximum absolute atomic E-state index is 12.0. The summed E-state index contributed by atoms with van der Waals surface area (Å²) < 4.78 is 10.3. The first-order valence-corrected chi connectivity index (χ1v) is 7.10. The molecule has 0 aliphatic carbocycles. The number of carboxylic acid groups (broad SMARTS) is 1. The quantitative estimate of drug-likeness (QED) is 0.834. The Morgan fingerprint density at radius 3 is 2.33 bits per heavy atom. The van der Waals surface area contributed by atoms with E-state index in [1.54, 1.807) is 37.4 Å². The molecule has 2 N–H and O–H groups in total. The van der Waals surface area contributed by atoms with Gasteiger partial charge in [0.15, 0.2) is 0 Å². The molecule has 0 fully saturated rings. The number of methoxy groups -OCH3 is 2. The number of carbonyl (C=O) groups is 2. The fourth-order valence-corrected chi connectivity index (χ4v) is 2.01. The second kappa shape index (κ2) is 7.87. The highest BCUT2D eigenvalue weighted by Crippen LogP contribution is 2.28. The molecule has 2 aromatic rings. The molecule has 0 unspecified atom stereocenters.